The van der Waals surface area contributed by atoms with Crippen LogP contribution < -0.4 is 5.32 Å². The molecule has 0 saturated carbocycles. The Bertz CT molecular complexity index is 1000. The molecular weight excluding hydrogens is 408 g/mol. The van der Waals surface area contributed by atoms with Gasteiger partial charge in [0.1, 0.15) is 5.82 Å². The number of benzene rings is 2. The van der Waals surface area contributed by atoms with E-state index in [1.54, 1.807) is 36.4 Å². The second kappa shape index (κ2) is 8.67. The minimum Gasteiger partial charge on any atom is -0.365 e. The zero-order chi connectivity index (χ0) is 20.1. The summed E-state index contributed by atoms with van der Waals surface area (Å²) in [5.74, 6) is -0.243. The van der Waals surface area contributed by atoms with Gasteiger partial charge >= 0.3 is 6.18 Å². The first-order valence-corrected chi connectivity index (χ1v) is 9.08. The zero-order valence-corrected chi connectivity index (χ0v) is 16.0. The van der Waals surface area contributed by atoms with Crippen LogP contribution in [-0.4, -0.2) is 11.5 Å². The van der Waals surface area contributed by atoms with Crippen molar-refractivity contribution in [3.05, 3.63) is 93.6 Å². The molecule has 0 amide bonds. The van der Waals surface area contributed by atoms with Gasteiger partial charge in [-0.25, -0.2) is 4.98 Å². The topological polar surface area (TPSA) is 24.9 Å². The van der Waals surface area contributed by atoms with Crippen molar-refractivity contribution in [2.45, 2.75) is 6.18 Å². The van der Waals surface area contributed by atoms with E-state index in [0.29, 0.717) is 21.2 Å². The standard InChI is InChI=1S/C21H15Cl2F3N2/c22-18-9-3-1-6-14(18)12-15(16-7-2-4-10-19(16)23)13-28-20-17(21(24,25)26)8-5-11-27-20/h1-12H,13H2,(H,27,28)/b15-12-. The Balaban J connectivity index is 1.98. The third-order valence-corrected chi connectivity index (χ3v) is 4.69. The largest absolute Gasteiger partial charge is 0.419 e. The summed E-state index contributed by atoms with van der Waals surface area (Å²) in [6.07, 6.45) is -1.40. The monoisotopic (exact) mass is 422 g/mol. The van der Waals surface area contributed by atoms with E-state index in [0.717, 1.165) is 11.6 Å². The molecule has 0 aliphatic heterocycles. The van der Waals surface area contributed by atoms with Crippen LogP contribution in [0, 0.1) is 0 Å². The molecule has 0 radical (unpaired) electrons. The molecule has 2 aromatic carbocycles. The van der Waals surface area contributed by atoms with Crippen LogP contribution in [0.2, 0.25) is 10.0 Å². The summed E-state index contributed by atoms with van der Waals surface area (Å²) in [4.78, 5) is 3.84. The molecule has 0 fully saturated rings. The lowest BCUT2D eigenvalue weighted by Gasteiger charge is -2.16. The predicted octanol–water partition coefficient (Wildman–Crippen LogP) is 7.06. The van der Waals surface area contributed by atoms with Crippen molar-refractivity contribution in [3.63, 3.8) is 0 Å². The molecule has 2 nitrogen and oxygen atoms in total. The summed E-state index contributed by atoms with van der Waals surface area (Å²) in [6.45, 7) is 0.0784. The van der Waals surface area contributed by atoms with Crippen molar-refractivity contribution in [3.8, 4) is 0 Å². The third-order valence-electron chi connectivity index (χ3n) is 4.01. The molecule has 0 spiro atoms. The molecule has 0 aliphatic carbocycles. The minimum atomic E-state index is -4.51. The van der Waals surface area contributed by atoms with Crippen LogP contribution >= 0.6 is 23.2 Å². The number of alkyl halides is 3. The summed E-state index contributed by atoms with van der Waals surface area (Å²) < 4.78 is 39.7. The first-order chi connectivity index (χ1) is 13.4. The lowest BCUT2D eigenvalue weighted by molar-refractivity contribution is -0.137. The van der Waals surface area contributed by atoms with Crippen molar-refractivity contribution in [2.75, 3.05) is 11.9 Å². The zero-order valence-electron chi connectivity index (χ0n) is 14.5. The quantitative estimate of drug-likeness (QED) is 0.445. The first kappa shape index (κ1) is 20.2. The SMILES string of the molecule is FC(F)(F)c1cccnc1NC/C(=C/c1ccccc1Cl)c1ccccc1Cl. The maximum absolute atomic E-state index is 13.2. The molecule has 144 valence electrons. The molecule has 0 saturated heterocycles. The Labute approximate surface area is 170 Å². The highest BCUT2D eigenvalue weighted by atomic mass is 35.5. The van der Waals surface area contributed by atoms with Crippen LogP contribution in [0.25, 0.3) is 11.6 Å². The van der Waals surface area contributed by atoms with Gasteiger partial charge in [-0.1, -0.05) is 59.6 Å². The fraction of sp³-hybridized carbons (Fsp3) is 0.0952. The Morgan fingerprint density at radius 2 is 1.61 bits per heavy atom. The van der Waals surface area contributed by atoms with Crippen molar-refractivity contribution < 1.29 is 13.2 Å². The van der Waals surface area contributed by atoms with Crippen LogP contribution in [0.5, 0.6) is 0 Å². The maximum atomic E-state index is 13.2. The van der Waals surface area contributed by atoms with Crippen molar-refractivity contribution in [2.24, 2.45) is 0 Å². The molecule has 0 atom stereocenters. The van der Waals surface area contributed by atoms with Crippen LogP contribution in [0.3, 0.4) is 0 Å². The van der Waals surface area contributed by atoms with Crippen LogP contribution in [0.15, 0.2) is 66.9 Å². The first-order valence-electron chi connectivity index (χ1n) is 8.32. The number of pyridine rings is 1. The van der Waals surface area contributed by atoms with Crippen molar-refractivity contribution in [1.82, 2.24) is 4.98 Å². The predicted molar refractivity (Wildman–Crippen MR) is 109 cm³/mol. The van der Waals surface area contributed by atoms with Crippen molar-refractivity contribution >= 4 is 40.7 Å². The number of halogens is 5. The molecule has 3 aromatic rings. The number of nitrogens with one attached hydrogen (secondary N) is 1. The van der Waals surface area contributed by atoms with Gasteiger partial charge in [-0.05, 0) is 47.0 Å². The number of rotatable bonds is 5. The van der Waals surface area contributed by atoms with E-state index in [1.807, 2.05) is 18.2 Å². The summed E-state index contributed by atoms with van der Waals surface area (Å²) >= 11 is 12.6. The number of hydrogen-bond acceptors (Lipinski definition) is 2. The lowest BCUT2D eigenvalue weighted by atomic mass is 10.0. The molecule has 3 rings (SSSR count). The molecule has 7 heteroatoms. The fourth-order valence-corrected chi connectivity index (χ4v) is 3.13. The lowest BCUT2D eigenvalue weighted by Crippen LogP contribution is -2.13. The smallest absolute Gasteiger partial charge is 0.365 e. The fourth-order valence-electron chi connectivity index (χ4n) is 2.68. The van der Waals surface area contributed by atoms with Gasteiger partial charge in [-0.2, -0.15) is 13.2 Å². The molecule has 0 bridgehead atoms. The van der Waals surface area contributed by atoms with Gasteiger partial charge in [-0.3, -0.25) is 0 Å². The summed E-state index contributed by atoms with van der Waals surface area (Å²) in [5, 5.41) is 3.80. The summed E-state index contributed by atoms with van der Waals surface area (Å²) in [5.41, 5.74) is 1.28. The number of nitrogens with zero attached hydrogens (tertiary/aromatic N) is 1. The normalized spacial score (nSPS) is 12.1. The third kappa shape index (κ3) is 4.86. The van der Waals surface area contributed by atoms with E-state index in [1.165, 1.54) is 12.3 Å². The van der Waals surface area contributed by atoms with Gasteiger partial charge in [0.05, 0.1) is 5.56 Å². The van der Waals surface area contributed by atoms with Gasteiger partial charge in [0.15, 0.2) is 0 Å². The van der Waals surface area contributed by atoms with E-state index in [2.05, 4.69) is 10.3 Å². The average Bonchev–Trinajstić information content (AvgIpc) is 2.67. The van der Waals surface area contributed by atoms with Crippen LogP contribution in [0.4, 0.5) is 19.0 Å². The molecule has 1 aromatic heterocycles. The molecule has 28 heavy (non-hydrogen) atoms. The van der Waals surface area contributed by atoms with Gasteiger partial charge < -0.3 is 5.32 Å². The van der Waals surface area contributed by atoms with Gasteiger partial charge in [-0.15, -0.1) is 0 Å². The van der Waals surface area contributed by atoms with E-state index >= 15 is 0 Å². The highest BCUT2D eigenvalue weighted by Gasteiger charge is 2.34. The van der Waals surface area contributed by atoms with Crippen molar-refractivity contribution in [1.29, 1.82) is 0 Å². The number of aromatic nitrogens is 1. The second-order valence-electron chi connectivity index (χ2n) is 5.92. The van der Waals surface area contributed by atoms with Gasteiger partial charge in [0.2, 0.25) is 0 Å². The molecular formula is C21H15Cl2F3N2. The summed E-state index contributed by atoms with van der Waals surface area (Å²) in [6, 6.07) is 16.6. The van der Waals surface area contributed by atoms with Crippen LogP contribution in [-0.2, 0) is 6.18 Å². The minimum absolute atomic E-state index is 0.0784. The highest BCUT2D eigenvalue weighted by molar-refractivity contribution is 6.33. The Morgan fingerprint density at radius 1 is 0.929 bits per heavy atom. The van der Waals surface area contributed by atoms with E-state index in [-0.39, 0.29) is 12.4 Å². The molecule has 1 N–H and O–H groups in total. The van der Waals surface area contributed by atoms with Crippen LogP contribution in [0.1, 0.15) is 16.7 Å². The summed E-state index contributed by atoms with van der Waals surface area (Å²) in [7, 11) is 0. The molecule has 0 unspecified atom stereocenters. The average molecular weight is 423 g/mol. The molecule has 1 heterocycles. The number of hydrogen-bond donors (Lipinski definition) is 1. The Morgan fingerprint density at radius 3 is 2.29 bits per heavy atom. The number of anilines is 1. The van der Waals surface area contributed by atoms with Gasteiger partial charge in [0.25, 0.3) is 0 Å². The highest BCUT2D eigenvalue weighted by Crippen LogP contribution is 2.34. The second-order valence-corrected chi connectivity index (χ2v) is 6.74. The van der Waals surface area contributed by atoms with Gasteiger partial charge in [0, 0.05) is 22.8 Å². The Kier molecular flexibility index (Phi) is 6.27. The Hall–Kier alpha value is -2.50. The van der Waals surface area contributed by atoms with E-state index in [9.17, 15) is 13.2 Å². The molecule has 0 aliphatic rings. The van der Waals surface area contributed by atoms with E-state index in [4.69, 9.17) is 23.2 Å². The maximum Gasteiger partial charge on any atom is 0.419 e. The van der Waals surface area contributed by atoms with E-state index < -0.39 is 11.7 Å².